The second kappa shape index (κ2) is 8.17. The lowest BCUT2D eigenvalue weighted by atomic mass is 9.92. The van der Waals surface area contributed by atoms with Crippen LogP contribution in [0.2, 0.25) is 0 Å². The van der Waals surface area contributed by atoms with Gasteiger partial charge in [-0.1, -0.05) is 52.0 Å². The number of hydrogen-bond donors (Lipinski definition) is 2. The molecule has 152 valence electrons. The fraction of sp³-hybridized carbons (Fsp3) is 0.348. The summed E-state index contributed by atoms with van der Waals surface area (Å²) in [6.07, 6.45) is 0. The SMILES string of the molecule is CC(C)c1cccc(C(C)C)c1N1C(=O)c2cccc(C(=O)NCCO)c2C1=O. The van der Waals surface area contributed by atoms with Gasteiger partial charge in [0.2, 0.25) is 0 Å². The van der Waals surface area contributed by atoms with Crippen LogP contribution in [0.4, 0.5) is 5.69 Å². The average molecular weight is 394 g/mol. The highest BCUT2D eigenvalue weighted by Gasteiger charge is 2.41. The van der Waals surface area contributed by atoms with Crippen molar-refractivity contribution in [1.29, 1.82) is 0 Å². The number of rotatable bonds is 6. The number of nitrogens with one attached hydrogen (secondary N) is 1. The molecule has 1 aliphatic rings. The van der Waals surface area contributed by atoms with E-state index in [2.05, 4.69) is 5.32 Å². The fourth-order valence-corrected chi connectivity index (χ4v) is 3.71. The Morgan fingerprint density at radius 1 is 0.966 bits per heavy atom. The van der Waals surface area contributed by atoms with Crippen LogP contribution >= 0.6 is 0 Å². The van der Waals surface area contributed by atoms with Crippen LogP contribution in [0.1, 0.15) is 81.7 Å². The summed E-state index contributed by atoms with van der Waals surface area (Å²) in [5.41, 5.74) is 2.92. The van der Waals surface area contributed by atoms with Crippen molar-refractivity contribution in [1.82, 2.24) is 5.32 Å². The largest absolute Gasteiger partial charge is 0.395 e. The molecule has 0 aromatic heterocycles. The van der Waals surface area contributed by atoms with Crippen LogP contribution in [-0.4, -0.2) is 36.0 Å². The summed E-state index contributed by atoms with van der Waals surface area (Å²) < 4.78 is 0. The van der Waals surface area contributed by atoms with Crippen LogP contribution in [-0.2, 0) is 0 Å². The highest BCUT2D eigenvalue weighted by molar-refractivity contribution is 6.36. The van der Waals surface area contributed by atoms with Crippen molar-refractivity contribution >= 4 is 23.4 Å². The number of carbonyl (C=O) groups excluding carboxylic acids is 3. The van der Waals surface area contributed by atoms with Crippen molar-refractivity contribution in [2.45, 2.75) is 39.5 Å². The number of fused-ring (bicyclic) bond motifs is 1. The molecule has 2 aromatic carbocycles. The maximum Gasteiger partial charge on any atom is 0.266 e. The molecule has 0 radical (unpaired) electrons. The van der Waals surface area contributed by atoms with Gasteiger partial charge in [-0.05, 0) is 35.1 Å². The van der Waals surface area contributed by atoms with Gasteiger partial charge in [0.25, 0.3) is 17.7 Å². The Labute approximate surface area is 170 Å². The zero-order chi connectivity index (χ0) is 21.3. The average Bonchev–Trinajstić information content (AvgIpc) is 2.95. The Hall–Kier alpha value is -2.99. The minimum absolute atomic E-state index is 0.0715. The Morgan fingerprint density at radius 2 is 1.55 bits per heavy atom. The highest BCUT2D eigenvalue weighted by atomic mass is 16.3. The van der Waals surface area contributed by atoms with Gasteiger partial charge < -0.3 is 10.4 Å². The lowest BCUT2D eigenvalue weighted by molar-refractivity contribution is 0.0908. The molecule has 0 saturated heterocycles. The number of imide groups is 1. The first-order valence-electron chi connectivity index (χ1n) is 9.83. The maximum absolute atomic E-state index is 13.4. The molecule has 6 heteroatoms. The van der Waals surface area contributed by atoms with Gasteiger partial charge in [0.1, 0.15) is 0 Å². The number of anilines is 1. The van der Waals surface area contributed by atoms with Crippen LogP contribution < -0.4 is 10.2 Å². The van der Waals surface area contributed by atoms with Crippen molar-refractivity contribution in [3.05, 3.63) is 64.2 Å². The quantitative estimate of drug-likeness (QED) is 0.735. The minimum Gasteiger partial charge on any atom is -0.395 e. The zero-order valence-electron chi connectivity index (χ0n) is 17.2. The number of benzene rings is 2. The highest BCUT2D eigenvalue weighted by Crippen LogP contribution is 2.40. The third-order valence-electron chi connectivity index (χ3n) is 5.12. The third-order valence-corrected chi connectivity index (χ3v) is 5.12. The van der Waals surface area contributed by atoms with Gasteiger partial charge in [0.15, 0.2) is 0 Å². The standard InChI is InChI=1S/C23H26N2O4/c1-13(2)15-7-5-8-16(14(3)4)20(15)25-22(28)18-10-6-9-17(19(18)23(25)29)21(27)24-11-12-26/h5-10,13-14,26H,11-12H2,1-4H3,(H,24,27). The Bertz CT molecular complexity index is 953. The van der Waals surface area contributed by atoms with Gasteiger partial charge in [0, 0.05) is 6.54 Å². The molecule has 2 aromatic rings. The number of carbonyl (C=O) groups is 3. The van der Waals surface area contributed by atoms with E-state index in [0.29, 0.717) is 5.69 Å². The Kier molecular flexibility index (Phi) is 5.84. The number of nitrogens with zero attached hydrogens (tertiary/aromatic N) is 1. The molecule has 0 atom stereocenters. The van der Waals surface area contributed by atoms with E-state index in [0.717, 1.165) is 11.1 Å². The summed E-state index contributed by atoms with van der Waals surface area (Å²) in [5.74, 6) is -1.17. The van der Waals surface area contributed by atoms with Gasteiger partial charge in [0.05, 0.1) is 29.0 Å². The second-order valence-corrected chi connectivity index (χ2v) is 7.75. The van der Waals surface area contributed by atoms with Crippen molar-refractivity contribution in [2.75, 3.05) is 18.1 Å². The van der Waals surface area contributed by atoms with Crippen LogP contribution in [0.3, 0.4) is 0 Å². The van der Waals surface area contributed by atoms with Gasteiger partial charge in [-0.15, -0.1) is 0 Å². The lowest BCUT2D eigenvalue weighted by Crippen LogP contribution is -2.33. The molecule has 1 heterocycles. The molecule has 6 nitrogen and oxygen atoms in total. The monoisotopic (exact) mass is 394 g/mol. The predicted octanol–water partition coefficient (Wildman–Crippen LogP) is 3.46. The van der Waals surface area contributed by atoms with Crippen molar-refractivity contribution < 1.29 is 19.5 Å². The molecule has 0 saturated carbocycles. The van der Waals surface area contributed by atoms with Crippen LogP contribution in [0.25, 0.3) is 0 Å². The first kappa shape index (κ1) is 20.7. The molecule has 3 amide bonds. The maximum atomic E-state index is 13.4. The fourth-order valence-electron chi connectivity index (χ4n) is 3.71. The number of aliphatic hydroxyl groups excluding tert-OH is 1. The Morgan fingerprint density at radius 3 is 2.10 bits per heavy atom. The van der Waals surface area contributed by atoms with Crippen LogP contribution in [0, 0.1) is 0 Å². The molecule has 1 aliphatic heterocycles. The summed E-state index contributed by atoms with van der Waals surface area (Å²) in [7, 11) is 0. The summed E-state index contributed by atoms with van der Waals surface area (Å²) in [5, 5.41) is 11.5. The minimum atomic E-state index is -0.491. The van der Waals surface area contributed by atoms with E-state index < -0.39 is 17.7 Å². The number of hydrogen-bond acceptors (Lipinski definition) is 4. The molecule has 3 rings (SSSR count). The summed E-state index contributed by atoms with van der Waals surface area (Å²) >= 11 is 0. The van der Waals surface area contributed by atoms with Crippen LogP contribution in [0.5, 0.6) is 0 Å². The Balaban J connectivity index is 2.17. The summed E-state index contributed by atoms with van der Waals surface area (Å²) in [6, 6.07) is 10.5. The van der Waals surface area contributed by atoms with Crippen molar-refractivity contribution in [3.8, 4) is 0 Å². The van der Waals surface area contributed by atoms with E-state index in [-0.39, 0.29) is 41.7 Å². The molecular weight excluding hydrogens is 368 g/mol. The van der Waals surface area contributed by atoms with Gasteiger partial charge in [-0.3, -0.25) is 14.4 Å². The van der Waals surface area contributed by atoms with Crippen LogP contribution in [0.15, 0.2) is 36.4 Å². The molecule has 0 aliphatic carbocycles. The number of aliphatic hydroxyl groups is 1. The molecule has 0 bridgehead atoms. The predicted molar refractivity (Wildman–Crippen MR) is 112 cm³/mol. The van der Waals surface area contributed by atoms with Gasteiger partial charge in [-0.2, -0.15) is 0 Å². The smallest absolute Gasteiger partial charge is 0.266 e. The normalized spacial score (nSPS) is 13.4. The van der Waals surface area contributed by atoms with Gasteiger partial charge >= 0.3 is 0 Å². The van der Waals surface area contributed by atoms with E-state index in [1.807, 2.05) is 45.9 Å². The van der Waals surface area contributed by atoms with Crippen molar-refractivity contribution in [2.24, 2.45) is 0 Å². The summed E-state index contributed by atoms with van der Waals surface area (Å²) in [4.78, 5) is 40.4. The summed E-state index contributed by atoms with van der Waals surface area (Å²) in [6.45, 7) is 7.95. The van der Waals surface area contributed by atoms with E-state index in [9.17, 15) is 14.4 Å². The first-order valence-corrected chi connectivity index (χ1v) is 9.83. The van der Waals surface area contributed by atoms with E-state index >= 15 is 0 Å². The molecular formula is C23H26N2O4. The zero-order valence-corrected chi connectivity index (χ0v) is 17.2. The molecule has 0 spiro atoms. The molecule has 0 fully saturated rings. The number of amides is 3. The van der Waals surface area contributed by atoms with Crippen molar-refractivity contribution in [3.63, 3.8) is 0 Å². The molecule has 0 unspecified atom stereocenters. The third kappa shape index (κ3) is 3.56. The number of para-hydroxylation sites is 1. The van der Waals surface area contributed by atoms with E-state index in [4.69, 9.17) is 5.11 Å². The van der Waals surface area contributed by atoms with Gasteiger partial charge in [-0.25, -0.2) is 4.90 Å². The topological polar surface area (TPSA) is 86.7 Å². The van der Waals surface area contributed by atoms with E-state index in [1.54, 1.807) is 12.1 Å². The molecule has 2 N–H and O–H groups in total. The second-order valence-electron chi connectivity index (χ2n) is 7.75. The first-order chi connectivity index (χ1) is 13.8. The molecule has 29 heavy (non-hydrogen) atoms. The van der Waals surface area contributed by atoms with E-state index in [1.165, 1.54) is 11.0 Å². The lowest BCUT2D eigenvalue weighted by Gasteiger charge is -2.25.